The molecule has 4 nitrogen and oxygen atoms in total. The van der Waals surface area contributed by atoms with Gasteiger partial charge in [-0.2, -0.15) is 0 Å². The molecule has 3 aromatic carbocycles. The van der Waals surface area contributed by atoms with Gasteiger partial charge in [-0.15, -0.1) is 0 Å². The predicted molar refractivity (Wildman–Crippen MR) is 117 cm³/mol. The van der Waals surface area contributed by atoms with E-state index in [1.807, 2.05) is 49.4 Å². The largest absolute Gasteiger partial charge is 0.506 e. The van der Waals surface area contributed by atoms with E-state index in [-0.39, 0.29) is 5.75 Å². The van der Waals surface area contributed by atoms with E-state index in [0.717, 1.165) is 25.9 Å². The summed E-state index contributed by atoms with van der Waals surface area (Å²) in [5, 5.41) is 10.9. The van der Waals surface area contributed by atoms with Gasteiger partial charge in [0.05, 0.1) is 9.26 Å². The summed E-state index contributed by atoms with van der Waals surface area (Å²) in [7, 11) is 0. The Morgan fingerprint density at radius 3 is 2.67 bits per heavy atom. The van der Waals surface area contributed by atoms with E-state index < -0.39 is 0 Å². The van der Waals surface area contributed by atoms with Crippen LogP contribution in [-0.4, -0.2) is 16.3 Å². The van der Waals surface area contributed by atoms with Gasteiger partial charge in [-0.25, -0.2) is 4.98 Å². The number of phenols is 1. The molecule has 4 rings (SSSR count). The van der Waals surface area contributed by atoms with Crippen molar-refractivity contribution in [3.63, 3.8) is 0 Å². The highest BCUT2D eigenvalue weighted by atomic mass is 127. The highest BCUT2D eigenvalue weighted by Crippen LogP contribution is 2.29. The maximum atomic E-state index is 10.2. The average molecular weight is 489 g/mol. The summed E-state index contributed by atoms with van der Waals surface area (Å²) >= 11 is 8.04. The molecule has 1 N–H and O–H groups in total. The monoisotopic (exact) mass is 488 g/mol. The first-order chi connectivity index (χ1) is 13.0. The van der Waals surface area contributed by atoms with Crippen molar-refractivity contribution < 1.29 is 9.52 Å². The highest BCUT2D eigenvalue weighted by molar-refractivity contribution is 14.1. The van der Waals surface area contributed by atoms with E-state index in [4.69, 9.17) is 16.0 Å². The summed E-state index contributed by atoms with van der Waals surface area (Å²) in [6.45, 7) is 1.98. The zero-order valence-corrected chi connectivity index (χ0v) is 17.2. The minimum Gasteiger partial charge on any atom is -0.506 e. The Morgan fingerprint density at radius 2 is 1.89 bits per heavy atom. The molecule has 1 aromatic heterocycles. The van der Waals surface area contributed by atoms with E-state index in [0.29, 0.717) is 22.1 Å². The lowest BCUT2D eigenvalue weighted by Gasteiger charge is -2.03. The molecule has 0 atom stereocenters. The highest BCUT2D eigenvalue weighted by Gasteiger charge is 2.09. The first-order valence-electron chi connectivity index (χ1n) is 8.19. The molecule has 0 aliphatic carbocycles. The molecule has 0 aliphatic rings. The Balaban J connectivity index is 1.67. The minimum absolute atomic E-state index is 0.234. The first kappa shape index (κ1) is 18.0. The fourth-order valence-electron chi connectivity index (χ4n) is 2.72. The van der Waals surface area contributed by atoms with Crippen LogP contribution in [0.4, 0.5) is 5.69 Å². The molecule has 0 fully saturated rings. The lowest BCUT2D eigenvalue weighted by molar-refractivity contribution is 0.470. The molecular formula is C21H14ClIN2O2. The van der Waals surface area contributed by atoms with Crippen LogP contribution in [-0.2, 0) is 0 Å². The van der Waals surface area contributed by atoms with Crippen LogP contribution in [0.1, 0.15) is 11.1 Å². The van der Waals surface area contributed by atoms with Crippen LogP contribution in [0.25, 0.3) is 22.6 Å². The van der Waals surface area contributed by atoms with Crippen molar-refractivity contribution in [2.45, 2.75) is 6.92 Å². The van der Waals surface area contributed by atoms with Gasteiger partial charge in [0.25, 0.3) is 0 Å². The smallest absolute Gasteiger partial charge is 0.227 e. The molecule has 0 radical (unpaired) electrons. The second kappa shape index (κ2) is 7.32. The number of nitrogens with zero attached hydrogens (tertiary/aromatic N) is 2. The molecule has 0 aliphatic heterocycles. The van der Waals surface area contributed by atoms with Crippen LogP contribution in [0.15, 0.2) is 64.0 Å². The molecule has 134 valence electrons. The van der Waals surface area contributed by atoms with Crippen molar-refractivity contribution in [2.75, 3.05) is 0 Å². The summed E-state index contributed by atoms with van der Waals surface area (Å²) in [6.07, 6.45) is 1.66. The van der Waals surface area contributed by atoms with Crippen LogP contribution in [0, 0.1) is 10.5 Å². The predicted octanol–water partition coefficient (Wildman–Crippen LogP) is 6.52. The van der Waals surface area contributed by atoms with E-state index in [9.17, 15) is 5.11 Å². The summed E-state index contributed by atoms with van der Waals surface area (Å²) in [5.74, 6) is 0.770. The number of hydrogen-bond acceptors (Lipinski definition) is 4. The van der Waals surface area contributed by atoms with Crippen LogP contribution >= 0.6 is 34.2 Å². The molecule has 0 unspecified atom stereocenters. The molecule has 0 amide bonds. The third-order valence-corrected chi connectivity index (χ3v) is 5.13. The van der Waals surface area contributed by atoms with Gasteiger partial charge < -0.3 is 9.52 Å². The molecule has 1 heterocycles. The molecule has 0 saturated heterocycles. The number of oxazole rings is 1. The molecule has 4 aromatic rings. The van der Waals surface area contributed by atoms with Gasteiger partial charge in [-0.3, -0.25) is 4.99 Å². The van der Waals surface area contributed by atoms with Gasteiger partial charge in [0.2, 0.25) is 5.89 Å². The number of aromatic nitrogens is 1. The average Bonchev–Trinajstić information content (AvgIpc) is 3.07. The normalized spacial score (nSPS) is 11.5. The number of rotatable bonds is 3. The zero-order valence-electron chi connectivity index (χ0n) is 14.3. The van der Waals surface area contributed by atoms with Crippen LogP contribution in [0.5, 0.6) is 5.75 Å². The number of aryl methyl sites for hydroxylation is 1. The van der Waals surface area contributed by atoms with Crippen LogP contribution in [0.3, 0.4) is 0 Å². The number of benzene rings is 3. The topological polar surface area (TPSA) is 58.6 Å². The zero-order chi connectivity index (χ0) is 19.0. The van der Waals surface area contributed by atoms with Crippen molar-refractivity contribution in [1.29, 1.82) is 0 Å². The molecule has 0 spiro atoms. The van der Waals surface area contributed by atoms with Crippen molar-refractivity contribution >= 4 is 57.2 Å². The maximum Gasteiger partial charge on any atom is 0.227 e. The van der Waals surface area contributed by atoms with Gasteiger partial charge in [-0.05, 0) is 89.7 Å². The lowest BCUT2D eigenvalue weighted by atomic mass is 10.1. The molecule has 27 heavy (non-hydrogen) atoms. The number of fused-ring (bicyclic) bond motifs is 1. The molecule has 0 bridgehead atoms. The number of hydrogen-bond donors (Lipinski definition) is 1. The minimum atomic E-state index is 0.234. The Morgan fingerprint density at radius 1 is 1.11 bits per heavy atom. The Bertz CT molecular complexity index is 1170. The third-order valence-electron chi connectivity index (χ3n) is 4.05. The standard InChI is InChI=1S/C21H14ClIN2O2/c1-12-8-14(20(26)17(23)9-12)11-24-16-6-7-19-18(10-16)25-21(27-19)13-2-4-15(22)5-3-13/h2-11,26H,1H3. The molecule has 6 heteroatoms. The van der Waals surface area contributed by atoms with Gasteiger partial charge in [0.1, 0.15) is 11.3 Å². The third kappa shape index (κ3) is 3.84. The summed E-state index contributed by atoms with van der Waals surface area (Å²) in [6, 6.07) is 16.7. The van der Waals surface area contributed by atoms with Gasteiger partial charge >= 0.3 is 0 Å². The fourth-order valence-corrected chi connectivity index (χ4v) is 3.64. The van der Waals surface area contributed by atoms with Gasteiger partial charge in [-0.1, -0.05) is 11.6 Å². The number of phenolic OH excluding ortho intramolecular Hbond substituents is 1. The maximum absolute atomic E-state index is 10.2. The van der Waals surface area contributed by atoms with Crippen molar-refractivity contribution in [2.24, 2.45) is 4.99 Å². The quantitative estimate of drug-likeness (QED) is 0.264. The number of aromatic hydroxyl groups is 1. The van der Waals surface area contributed by atoms with E-state index in [1.165, 1.54) is 0 Å². The number of halogens is 2. The van der Waals surface area contributed by atoms with Gasteiger partial charge in [0.15, 0.2) is 5.58 Å². The Hall–Kier alpha value is -2.38. The Kier molecular flexibility index (Phi) is 4.88. The summed E-state index contributed by atoms with van der Waals surface area (Å²) in [4.78, 5) is 9.02. The van der Waals surface area contributed by atoms with E-state index >= 15 is 0 Å². The first-order valence-corrected chi connectivity index (χ1v) is 9.65. The molecular weight excluding hydrogens is 475 g/mol. The summed E-state index contributed by atoms with van der Waals surface area (Å²) < 4.78 is 6.61. The lowest BCUT2D eigenvalue weighted by Crippen LogP contribution is -1.87. The van der Waals surface area contributed by atoms with Crippen LogP contribution in [0.2, 0.25) is 5.02 Å². The number of aliphatic imine (C=N–C) groups is 1. The van der Waals surface area contributed by atoms with Crippen molar-refractivity contribution in [3.8, 4) is 17.2 Å². The van der Waals surface area contributed by atoms with Crippen molar-refractivity contribution in [1.82, 2.24) is 4.98 Å². The van der Waals surface area contributed by atoms with E-state index in [2.05, 4.69) is 32.6 Å². The van der Waals surface area contributed by atoms with Crippen LogP contribution < -0.4 is 0 Å². The SMILES string of the molecule is Cc1cc(I)c(O)c(C=Nc2ccc3oc(-c4ccc(Cl)cc4)nc3c2)c1. The van der Waals surface area contributed by atoms with Gasteiger partial charge in [0, 0.05) is 22.4 Å². The fraction of sp³-hybridized carbons (Fsp3) is 0.0476. The van der Waals surface area contributed by atoms with Crippen molar-refractivity contribution in [3.05, 3.63) is 74.3 Å². The second-order valence-corrected chi connectivity index (χ2v) is 7.72. The Labute approximate surface area is 174 Å². The molecule has 0 saturated carbocycles. The van der Waals surface area contributed by atoms with E-state index in [1.54, 1.807) is 18.3 Å². The second-order valence-electron chi connectivity index (χ2n) is 6.12. The summed E-state index contributed by atoms with van der Waals surface area (Å²) in [5.41, 5.74) is 4.75.